The van der Waals surface area contributed by atoms with E-state index in [9.17, 15) is 0 Å². The summed E-state index contributed by atoms with van der Waals surface area (Å²) >= 11 is 0. The van der Waals surface area contributed by atoms with Crippen LogP contribution in [0.5, 0.6) is 0 Å². The number of nitrogens with two attached hydrogens (primary N) is 1. The van der Waals surface area contributed by atoms with Crippen LogP contribution in [0.4, 0.5) is 5.95 Å². The van der Waals surface area contributed by atoms with Gasteiger partial charge in [-0.05, 0) is 30.2 Å². The van der Waals surface area contributed by atoms with E-state index in [0.29, 0.717) is 12.0 Å². The molecule has 1 saturated heterocycles. The third-order valence-corrected chi connectivity index (χ3v) is 3.91. The maximum absolute atomic E-state index is 5.62. The van der Waals surface area contributed by atoms with Crippen LogP contribution in [0.1, 0.15) is 39.3 Å². The molecule has 1 fully saturated rings. The molecular formula is C14H24N4. The van der Waals surface area contributed by atoms with E-state index < -0.39 is 0 Å². The van der Waals surface area contributed by atoms with Crippen molar-refractivity contribution in [3.63, 3.8) is 0 Å². The van der Waals surface area contributed by atoms with Gasteiger partial charge in [0, 0.05) is 25.8 Å². The number of hydrogen-bond acceptors (Lipinski definition) is 4. The summed E-state index contributed by atoms with van der Waals surface area (Å²) in [6.45, 7) is 9.58. The normalized spacial score (nSPS) is 18.1. The van der Waals surface area contributed by atoms with Crippen molar-refractivity contribution >= 4 is 5.95 Å². The second kappa shape index (κ2) is 5.22. The van der Waals surface area contributed by atoms with Crippen LogP contribution in [0, 0.1) is 11.3 Å². The van der Waals surface area contributed by atoms with Crippen LogP contribution in [-0.2, 0) is 6.54 Å². The average Bonchev–Trinajstić information content (AvgIpc) is 2.38. The van der Waals surface area contributed by atoms with E-state index in [1.165, 1.54) is 12.8 Å². The van der Waals surface area contributed by atoms with Crippen molar-refractivity contribution in [2.24, 2.45) is 17.1 Å². The van der Waals surface area contributed by atoms with Crippen molar-refractivity contribution in [1.29, 1.82) is 0 Å². The molecule has 0 radical (unpaired) electrons. The molecule has 100 valence electrons. The summed E-state index contributed by atoms with van der Waals surface area (Å²) in [4.78, 5) is 11.1. The Labute approximate surface area is 110 Å². The summed E-state index contributed by atoms with van der Waals surface area (Å²) in [6.07, 6.45) is 4.25. The fourth-order valence-corrected chi connectivity index (χ4v) is 2.60. The molecule has 0 saturated carbocycles. The Morgan fingerprint density at radius 1 is 1.33 bits per heavy atom. The fourth-order valence-electron chi connectivity index (χ4n) is 2.60. The molecule has 4 nitrogen and oxygen atoms in total. The smallest absolute Gasteiger partial charge is 0.225 e. The van der Waals surface area contributed by atoms with Gasteiger partial charge in [-0.15, -0.1) is 0 Å². The van der Waals surface area contributed by atoms with Gasteiger partial charge in [0.1, 0.15) is 0 Å². The topological polar surface area (TPSA) is 55.0 Å². The van der Waals surface area contributed by atoms with Gasteiger partial charge in [0.2, 0.25) is 5.95 Å². The first-order valence-corrected chi connectivity index (χ1v) is 6.77. The van der Waals surface area contributed by atoms with Gasteiger partial charge in [0.25, 0.3) is 0 Å². The molecule has 0 atom stereocenters. The number of aromatic nitrogens is 2. The van der Waals surface area contributed by atoms with Crippen LogP contribution in [0.2, 0.25) is 0 Å². The van der Waals surface area contributed by atoms with Crippen molar-refractivity contribution < 1.29 is 0 Å². The molecule has 1 aliphatic rings. The van der Waals surface area contributed by atoms with E-state index in [1.54, 1.807) is 6.20 Å². The van der Waals surface area contributed by atoms with E-state index in [0.717, 1.165) is 30.6 Å². The van der Waals surface area contributed by atoms with E-state index in [4.69, 9.17) is 5.73 Å². The predicted octanol–water partition coefficient (Wildman–Crippen LogP) is 2.20. The zero-order chi connectivity index (χ0) is 13.2. The highest BCUT2D eigenvalue weighted by atomic mass is 15.3. The van der Waals surface area contributed by atoms with Gasteiger partial charge in [-0.2, -0.15) is 0 Å². The first-order valence-electron chi connectivity index (χ1n) is 6.77. The summed E-state index contributed by atoms with van der Waals surface area (Å²) in [7, 11) is 0. The standard InChI is InChI=1S/C14H24N4/c1-14(2,3)11-5-8-18(9-6-11)13-16-7-4-12(10-15)17-13/h4,7,11H,5-6,8-10,15H2,1-3H3. The molecule has 0 aliphatic carbocycles. The summed E-state index contributed by atoms with van der Waals surface area (Å²) in [6, 6.07) is 1.88. The van der Waals surface area contributed by atoms with Gasteiger partial charge in [-0.1, -0.05) is 20.8 Å². The molecule has 0 aromatic carbocycles. The van der Waals surface area contributed by atoms with E-state index >= 15 is 0 Å². The van der Waals surface area contributed by atoms with Crippen LogP contribution in [0.15, 0.2) is 12.3 Å². The van der Waals surface area contributed by atoms with Crippen LogP contribution < -0.4 is 10.6 Å². The minimum absolute atomic E-state index is 0.409. The second-order valence-electron chi connectivity index (χ2n) is 6.18. The summed E-state index contributed by atoms with van der Waals surface area (Å²) < 4.78 is 0. The molecule has 0 amide bonds. The molecular weight excluding hydrogens is 224 g/mol. The van der Waals surface area contributed by atoms with Crippen molar-refractivity contribution in [1.82, 2.24) is 9.97 Å². The quantitative estimate of drug-likeness (QED) is 0.871. The van der Waals surface area contributed by atoms with Gasteiger partial charge in [0.15, 0.2) is 0 Å². The van der Waals surface area contributed by atoms with Crippen molar-refractivity contribution in [2.75, 3.05) is 18.0 Å². The SMILES string of the molecule is CC(C)(C)C1CCN(c2nccc(CN)n2)CC1. The highest BCUT2D eigenvalue weighted by Crippen LogP contribution is 2.34. The lowest BCUT2D eigenvalue weighted by atomic mass is 9.75. The average molecular weight is 248 g/mol. The molecule has 0 spiro atoms. The van der Waals surface area contributed by atoms with Crippen LogP contribution in [0.25, 0.3) is 0 Å². The summed E-state index contributed by atoms with van der Waals surface area (Å²) in [5.41, 5.74) is 6.94. The van der Waals surface area contributed by atoms with E-state index in [-0.39, 0.29) is 0 Å². The molecule has 0 bridgehead atoms. The van der Waals surface area contributed by atoms with Crippen molar-refractivity contribution in [2.45, 2.75) is 40.2 Å². The lowest BCUT2D eigenvalue weighted by molar-refractivity contribution is 0.198. The molecule has 1 aromatic rings. The highest BCUT2D eigenvalue weighted by Gasteiger charge is 2.29. The Balaban J connectivity index is 2.01. The fraction of sp³-hybridized carbons (Fsp3) is 0.714. The number of hydrogen-bond donors (Lipinski definition) is 1. The van der Waals surface area contributed by atoms with E-state index in [1.807, 2.05) is 6.07 Å². The van der Waals surface area contributed by atoms with Crippen molar-refractivity contribution in [3.8, 4) is 0 Å². The Morgan fingerprint density at radius 3 is 2.56 bits per heavy atom. The van der Waals surface area contributed by atoms with Crippen molar-refractivity contribution in [3.05, 3.63) is 18.0 Å². The highest BCUT2D eigenvalue weighted by molar-refractivity contribution is 5.30. The first kappa shape index (κ1) is 13.3. The minimum atomic E-state index is 0.409. The number of anilines is 1. The van der Waals surface area contributed by atoms with Crippen LogP contribution >= 0.6 is 0 Å². The molecule has 2 N–H and O–H groups in total. The van der Waals surface area contributed by atoms with Gasteiger partial charge in [-0.3, -0.25) is 0 Å². The molecule has 1 aromatic heterocycles. The second-order valence-corrected chi connectivity index (χ2v) is 6.18. The number of piperidine rings is 1. The monoisotopic (exact) mass is 248 g/mol. The molecule has 2 heterocycles. The Kier molecular flexibility index (Phi) is 3.85. The molecule has 0 unspecified atom stereocenters. The maximum atomic E-state index is 5.62. The van der Waals surface area contributed by atoms with E-state index in [2.05, 4.69) is 35.6 Å². The van der Waals surface area contributed by atoms with Gasteiger partial charge in [0.05, 0.1) is 5.69 Å². The molecule has 1 aliphatic heterocycles. The van der Waals surface area contributed by atoms with Gasteiger partial charge < -0.3 is 10.6 Å². The Morgan fingerprint density at radius 2 is 2.00 bits per heavy atom. The maximum Gasteiger partial charge on any atom is 0.225 e. The summed E-state index contributed by atoms with van der Waals surface area (Å²) in [5, 5.41) is 0. The zero-order valence-corrected chi connectivity index (χ0v) is 11.7. The van der Waals surface area contributed by atoms with Gasteiger partial charge in [-0.25, -0.2) is 9.97 Å². The Hall–Kier alpha value is -1.16. The molecule has 4 heteroatoms. The third kappa shape index (κ3) is 2.99. The zero-order valence-electron chi connectivity index (χ0n) is 11.7. The summed E-state index contributed by atoms with van der Waals surface area (Å²) in [5.74, 6) is 1.64. The van der Waals surface area contributed by atoms with Crippen LogP contribution in [0.3, 0.4) is 0 Å². The molecule has 18 heavy (non-hydrogen) atoms. The number of rotatable bonds is 2. The largest absolute Gasteiger partial charge is 0.341 e. The Bertz CT molecular complexity index is 389. The van der Waals surface area contributed by atoms with Gasteiger partial charge >= 0.3 is 0 Å². The molecule has 2 rings (SSSR count). The van der Waals surface area contributed by atoms with Crippen LogP contribution in [-0.4, -0.2) is 23.1 Å². The predicted molar refractivity (Wildman–Crippen MR) is 74.3 cm³/mol. The lowest BCUT2D eigenvalue weighted by Crippen LogP contribution is -2.38. The number of nitrogens with zero attached hydrogens (tertiary/aromatic N) is 3. The lowest BCUT2D eigenvalue weighted by Gasteiger charge is -2.38. The first-order chi connectivity index (χ1) is 8.50. The third-order valence-electron chi connectivity index (χ3n) is 3.91. The minimum Gasteiger partial charge on any atom is -0.341 e.